The molecule has 0 bridgehead atoms. The number of alkyl halides is 1. The van der Waals surface area contributed by atoms with Crippen molar-refractivity contribution in [2.24, 2.45) is 0 Å². The summed E-state index contributed by atoms with van der Waals surface area (Å²) in [6.45, 7) is 0. The summed E-state index contributed by atoms with van der Waals surface area (Å²) >= 11 is 11.4. The number of halogens is 2. The van der Waals surface area contributed by atoms with Gasteiger partial charge in [0.2, 0.25) is 0 Å². The average molecular weight is 442 g/mol. The number of fused-ring (bicyclic) bond motifs is 2. The second-order valence-electron chi connectivity index (χ2n) is 5.47. The third-order valence-electron chi connectivity index (χ3n) is 4.12. The topological polar surface area (TPSA) is 0 Å². The Kier molecular flexibility index (Phi) is 3.99. The molecule has 108 valence electrons. The third-order valence-corrected chi connectivity index (χ3v) is 8.68. The molecule has 0 N–H and O–H groups in total. The highest BCUT2D eigenvalue weighted by Gasteiger charge is 2.21. The Hall–Kier alpha value is -0.160. The van der Waals surface area contributed by atoms with Crippen molar-refractivity contribution in [2.45, 2.75) is 30.5 Å². The molecule has 1 aliphatic carbocycles. The van der Waals surface area contributed by atoms with Gasteiger partial charge in [0.25, 0.3) is 0 Å². The first-order chi connectivity index (χ1) is 10.2. The van der Waals surface area contributed by atoms with Gasteiger partial charge in [-0.1, -0.05) is 28.1 Å². The van der Waals surface area contributed by atoms with Gasteiger partial charge >= 0.3 is 0 Å². The van der Waals surface area contributed by atoms with E-state index in [0.29, 0.717) is 4.83 Å². The Morgan fingerprint density at radius 3 is 2.86 bits per heavy atom. The minimum atomic E-state index is 0.316. The average Bonchev–Trinajstić information content (AvgIpc) is 3.11. The molecule has 4 heteroatoms. The van der Waals surface area contributed by atoms with Crippen LogP contribution in [0.15, 0.2) is 34.1 Å². The molecule has 0 fully saturated rings. The third kappa shape index (κ3) is 2.54. The Bertz CT molecular complexity index is 777. The van der Waals surface area contributed by atoms with E-state index in [2.05, 4.69) is 61.5 Å². The fourth-order valence-electron chi connectivity index (χ4n) is 3.03. The Balaban J connectivity index is 1.77. The number of hydrogen-bond donors (Lipinski definition) is 0. The van der Waals surface area contributed by atoms with E-state index in [1.54, 1.807) is 10.4 Å². The zero-order chi connectivity index (χ0) is 14.4. The van der Waals surface area contributed by atoms with Crippen LogP contribution in [0.3, 0.4) is 0 Å². The van der Waals surface area contributed by atoms with Crippen molar-refractivity contribution < 1.29 is 0 Å². The second-order valence-corrected chi connectivity index (χ2v) is 9.29. The summed E-state index contributed by atoms with van der Waals surface area (Å²) in [6.07, 6.45) is 5.25. The Morgan fingerprint density at radius 1 is 1.14 bits per heavy atom. The number of rotatable bonds is 2. The molecule has 0 nitrogen and oxygen atoms in total. The van der Waals surface area contributed by atoms with Crippen molar-refractivity contribution in [2.75, 3.05) is 0 Å². The van der Waals surface area contributed by atoms with Gasteiger partial charge in [0.15, 0.2) is 0 Å². The van der Waals surface area contributed by atoms with E-state index in [0.717, 1.165) is 0 Å². The van der Waals surface area contributed by atoms with Crippen LogP contribution in [0.25, 0.3) is 10.1 Å². The minimum absolute atomic E-state index is 0.316. The summed E-state index contributed by atoms with van der Waals surface area (Å²) in [6, 6.07) is 8.91. The van der Waals surface area contributed by atoms with E-state index < -0.39 is 0 Å². The van der Waals surface area contributed by atoms with Gasteiger partial charge in [-0.15, -0.1) is 22.7 Å². The van der Waals surface area contributed by atoms with E-state index in [4.69, 9.17) is 0 Å². The van der Waals surface area contributed by atoms with E-state index in [1.807, 2.05) is 22.7 Å². The fraction of sp³-hybridized carbons (Fsp3) is 0.294. The lowest BCUT2D eigenvalue weighted by atomic mass is 9.99. The monoisotopic (exact) mass is 440 g/mol. The van der Waals surface area contributed by atoms with Crippen molar-refractivity contribution in [1.82, 2.24) is 0 Å². The van der Waals surface area contributed by atoms with Gasteiger partial charge in [-0.25, -0.2) is 0 Å². The van der Waals surface area contributed by atoms with Crippen molar-refractivity contribution >= 4 is 64.6 Å². The number of hydrogen-bond acceptors (Lipinski definition) is 2. The molecular weight excluding hydrogens is 428 g/mol. The summed E-state index contributed by atoms with van der Waals surface area (Å²) in [7, 11) is 0. The molecule has 0 saturated carbocycles. The first kappa shape index (κ1) is 14.4. The molecule has 0 radical (unpaired) electrons. The van der Waals surface area contributed by atoms with Gasteiger partial charge in [0.05, 0.1) is 4.83 Å². The minimum Gasteiger partial charge on any atom is -0.144 e. The summed E-state index contributed by atoms with van der Waals surface area (Å²) in [5.41, 5.74) is 2.99. The molecule has 1 aromatic carbocycles. The highest BCUT2D eigenvalue weighted by Crippen LogP contribution is 2.44. The lowest BCUT2D eigenvalue weighted by Crippen LogP contribution is -1.96. The molecule has 1 atom stereocenters. The predicted octanol–water partition coefficient (Wildman–Crippen LogP) is 7.09. The molecule has 21 heavy (non-hydrogen) atoms. The highest BCUT2D eigenvalue weighted by atomic mass is 79.9. The molecule has 3 aromatic rings. The van der Waals surface area contributed by atoms with Crippen LogP contribution in [0.1, 0.15) is 38.6 Å². The van der Waals surface area contributed by atoms with Gasteiger partial charge < -0.3 is 0 Å². The van der Waals surface area contributed by atoms with Crippen LogP contribution in [0.4, 0.5) is 0 Å². The second kappa shape index (κ2) is 5.80. The molecule has 0 aliphatic heterocycles. The first-order valence-electron chi connectivity index (χ1n) is 7.15. The normalized spacial score (nSPS) is 16.1. The van der Waals surface area contributed by atoms with E-state index in [1.165, 1.54) is 50.7 Å². The van der Waals surface area contributed by atoms with Crippen LogP contribution in [0, 0.1) is 0 Å². The predicted molar refractivity (Wildman–Crippen MR) is 101 cm³/mol. The number of aryl methyl sites for hydroxylation is 2. The smallest absolute Gasteiger partial charge is 0.0752 e. The number of thiophene rings is 2. The van der Waals surface area contributed by atoms with E-state index >= 15 is 0 Å². The van der Waals surface area contributed by atoms with Crippen LogP contribution in [-0.4, -0.2) is 0 Å². The van der Waals surface area contributed by atoms with Crippen molar-refractivity contribution in [3.63, 3.8) is 0 Å². The molecule has 0 saturated heterocycles. The van der Waals surface area contributed by atoms with E-state index in [9.17, 15) is 0 Å². The molecule has 1 aliphatic rings. The highest BCUT2D eigenvalue weighted by molar-refractivity contribution is 9.10. The molecule has 0 amide bonds. The van der Waals surface area contributed by atoms with Crippen molar-refractivity contribution in [3.05, 3.63) is 55.0 Å². The van der Waals surface area contributed by atoms with Gasteiger partial charge in [-0.2, -0.15) is 0 Å². The maximum atomic E-state index is 3.95. The summed E-state index contributed by atoms with van der Waals surface area (Å²) in [4.78, 5) is 3.39. The molecular formula is C17H14Br2S2. The van der Waals surface area contributed by atoms with Gasteiger partial charge in [0.1, 0.15) is 0 Å². The maximum absolute atomic E-state index is 3.95. The standard InChI is InChI=1S/C17H14Br2S2/c18-13-6-3-5-11-12(9-20-17(11)13)16(19)15-8-10-4-1-2-7-14(10)21-15/h3,5-6,8-9,16H,1-2,4,7H2. The largest absolute Gasteiger partial charge is 0.144 e. The summed E-state index contributed by atoms with van der Waals surface area (Å²) in [5, 5.41) is 3.66. The fourth-order valence-corrected chi connectivity index (χ4v) is 6.90. The van der Waals surface area contributed by atoms with Crippen LogP contribution in [-0.2, 0) is 12.8 Å². The van der Waals surface area contributed by atoms with Crippen LogP contribution >= 0.6 is 54.5 Å². The number of benzene rings is 1. The maximum Gasteiger partial charge on any atom is 0.0752 e. The summed E-state index contributed by atoms with van der Waals surface area (Å²) < 4.78 is 2.54. The van der Waals surface area contributed by atoms with Crippen LogP contribution in [0.2, 0.25) is 0 Å². The molecule has 2 heterocycles. The molecule has 1 unspecified atom stereocenters. The summed E-state index contributed by atoms with van der Waals surface area (Å²) in [5.74, 6) is 0. The van der Waals surface area contributed by atoms with Crippen LogP contribution < -0.4 is 0 Å². The van der Waals surface area contributed by atoms with Gasteiger partial charge in [-0.3, -0.25) is 0 Å². The molecule has 0 spiro atoms. The SMILES string of the molecule is Brc1cccc2c(C(Br)c3cc4c(s3)CCCC4)csc12. The molecule has 4 rings (SSSR count). The van der Waals surface area contributed by atoms with Crippen LogP contribution in [0.5, 0.6) is 0 Å². The zero-order valence-corrected chi connectivity index (χ0v) is 16.2. The lowest BCUT2D eigenvalue weighted by molar-refractivity contribution is 0.697. The van der Waals surface area contributed by atoms with Gasteiger partial charge in [-0.05, 0) is 75.6 Å². The lowest BCUT2D eigenvalue weighted by Gasteiger charge is -2.08. The first-order valence-corrected chi connectivity index (χ1v) is 10.6. The Labute approximate surface area is 149 Å². The quantitative estimate of drug-likeness (QED) is 0.372. The molecule has 2 aromatic heterocycles. The van der Waals surface area contributed by atoms with Crippen molar-refractivity contribution in [3.8, 4) is 0 Å². The van der Waals surface area contributed by atoms with Crippen molar-refractivity contribution in [1.29, 1.82) is 0 Å². The van der Waals surface area contributed by atoms with Gasteiger partial charge in [0, 0.05) is 18.9 Å². The van der Waals surface area contributed by atoms with E-state index in [-0.39, 0.29) is 0 Å². The Morgan fingerprint density at radius 2 is 2.00 bits per heavy atom. The zero-order valence-electron chi connectivity index (χ0n) is 11.4.